The van der Waals surface area contributed by atoms with E-state index in [1.54, 1.807) is 19.1 Å². The molecule has 0 aromatic carbocycles. The lowest BCUT2D eigenvalue weighted by Gasteiger charge is -2.10. The number of rotatable bonds is 6. The highest BCUT2D eigenvalue weighted by molar-refractivity contribution is 5.93. The number of amides is 2. The van der Waals surface area contributed by atoms with Gasteiger partial charge in [0.25, 0.3) is 0 Å². The molecule has 0 aliphatic carbocycles. The maximum absolute atomic E-state index is 11.2. The topological polar surface area (TPSA) is 109 Å². The molecule has 0 fully saturated rings. The van der Waals surface area contributed by atoms with Crippen LogP contribution in [-0.4, -0.2) is 28.9 Å². The van der Waals surface area contributed by atoms with E-state index < -0.39 is 30.2 Å². The van der Waals surface area contributed by atoms with Crippen LogP contribution < -0.4 is 11.1 Å². The third-order valence-electron chi connectivity index (χ3n) is 1.57. The van der Waals surface area contributed by atoms with E-state index in [1.807, 2.05) is 0 Å². The van der Waals surface area contributed by atoms with Gasteiger partial charge >= 0.3 is 5.97 Å². The fourth-order valence-corrected chi connectivity index (χ4v) is 0.875. The van der Waals surface area contributed by atoms with Crippen molar-refractivity contribution >= 4 is 17.8 Å². The summed E-state index contributed by atoms with van der Waals surface area (Å²) < 4.78 is 0. The zero-order chi connectivity index (χ0) is 12.6. The molecule has 2 amide bonds. The summed E-state index contributed by atoms with van der Waals surface area (Å²) in [6.45, 7) is 1.77. The molecular weight excluding hydrogens is 212 g/mol. The number of nitrogens with one attached hydrogen (secondary N) is 1. The predicted molar refractivity (Wildman–Crippen MR) is 57.3 cm³/mol. The van der Waals surface area contributed by atoms with Crippen molar-refractivity contribution < 1.29 is 19.5 Å². The van der Waals surface area contributed by atoms with Gasteiger partial charge in [0.1, 0.15) is 6.04 Å². The van der Waals surface area contributed by atoms with E-state index in [4.69, 9.17) is 10.8 Å². The summed E-state index contributed by atoms with van der Waals surface area (Å²) in [5.41, 5.74) is 4.85. The zero-order valence-electron chi connectivity index (χ0n) is 8.84. The van der Waals surface area contributed by atoms with E-state index in [0.29, 0.717) is 0 Å². The van der Waals surface area contributed by atoms with E-state index in [0.717, 1.165) is 6.08 Å². The van der Waals surface area contributed by atoms with Gasteiger partial charge in [0.05, 0.1) is 6.42 Å². The SMILES string of the molecule is CC=CC=CC(=O)N[C@H](CC(N)=O)C(=O)O. The van der Waals surface area contributed by atoms with Crippen molar-refractivity contribution in [3.05, 3.63) is 24.3 Å². The fraction of sp³-hybridized carbons (Fsp3) is 0.300. The average molecular weight is 226 g/mol. The van der Waals surface area contributed by atoms with Gasteiger partial charge in [-0.1, -0.05) is 18.2 Å². The highest BCUT2D eigenvalue weighted by atomic mass is 16.4. The van der Waals surface area contributed by atoms with Crippen LogP contribution in [0.1, 0.15) is 13.3 Å². The number of primary amides is 1. The predicted octanol–water partition coefficient (Wildman–Crippen LogP) is -0.436. The molecule has 0 rings (SSSR count). The van der Waals surface area contributed by atoms with Crippen molar-refractivity contribution in [1.82, 2.24) is 5.32 Å². The first-order valence-corrected chi connectivity index (χ1v) is 4.58. The molecule has 4 N–H and O–H groups in total. The van der Waals surface area contributed by atoms with Crippen molar-refractivity contribution in [1.29, 1.82) is 0 Å². The minimum absolute atomic E-state index is 0.432. The lowest BCUT2D eigenvalue weighted by molar-refractivity contribution is -0.142. The first-order valence-electron chi connectivity index (χ1n) is 4.58. The average Bonchev–Trinajstić information content (AvgIpc) is 2.16. The van der Waals surface area contributed by atoms with Gasteiger partial charge in [-0.25, -0.2) is 4.79 Å². The first-order chi connectivity index (χ1) is 7.47. The molecule has 0 radical (unpaired) electrons. The highest BCUT2D eigenvalue weighted by Gasteiger charge is 2.20. The van der Waals surface area contributed by atoms with Crippen LogP contribution in [0.2, 0.25) is 0 Å². The molecule has 0 saturated carbocycles. The Morgan fingerprint density at radius 2 is 2.00 bits per heavy atom. The molecular formula is C10H14N2O4. The Bertz CT molecular complexity index is 334. The minimum atomic E-state index is -1.30. The van der Waals surface area contributed by atoms with Crippen LogP contribution in [0.4, 0.5) is 0 Å². The summed E-state index contributed by atoms with van der Waals surface area (Å²) in [6, 6.07) is -1.29. The molecule has 16 heavy (non-hydrogen) atoms. The van der Waals surface area contributed by atoms with E-state index in [-0.39, 0.29) is 0 Å². The smallest absolute Gasteiger partial charge is 0.326 e. The monoisotopic (exact) mass is 226 g/mol. The molecule has 0 aromatic heterocycles. The number of carboxylic acid groups (broad SMARTS) is 1. The van der Waals surface area contributed by atoms with Gasteiger partial charge in [-0.05, 0) is 6.92 Å². The minimum Gasteiger partial charge on any atom is -0.480 e. The molecule has 1 atom stereocenters. The number of carboxylic acids is 1. The van der Waals surface area contributed by atoms with Gasteiger partial charge < -0.3 is 16.2 Å². The van der Waals surface area contributed by atoms with Gasteiger partial charge in [0.2, 0.25) is 11.8 Å². The molecule has 6 heteroatoms. The number of aliphatic carboxylic acids is 1. The molecule has 0 spiro atoms. The largest absolute Gasteiger partial charge is 0.480 e. The van der Waals surface area contributed by atoms with Crippen LogP contribution in [0, 0.1) is 0 Å². The van der Waals surface area contributed by atoms with Gasteiger partial charge in [-0.2, -0.15) is 0 Å². The molecule has 88 valence electrons. The quantitative estimate of drug-likeness (QED) is 0.421. The number of hydrogen-bond acceptors (Lipinski definition) is 3. The van der Waals surface area contributed by atoms with Crippen LogP contribution in [-0.2, 0) is 14.4 Å². The zero-order valence-corrected chi connectivity index (χ0v) is 8.84. The summed E-state index contributed by atoms with van der Waals surface area (Å²) in [4.78, 5) is 32.3. The Hall–Kier alpha value is -2.11. The van der Waals surface area contributed by atoms with Crippen LogP contribution >= 0.6 is 0 Å². The van der Waals surface area contributed by atoms with E-state index in [9.17, 15) is 14.4 Å². The van der Waals surface area contributed by atoms with Crippen molar-refractivity contribution in [2.45, 2.75) is 19.4 Å². The second-order valence-corrected chi connectivity index (χ2v) is 2.95. The normalized spacial score (nSPS) is 12.8. The Kier molecular flexibility index (Phi) is 6.27. The highest BCUT2D eigenvalue weighted by Crippen LogP contribution is 1.92. The summed E-state index contributed by atoms with van der Waals surface area (Å²) in [7, 11) is 0. The second kappa shape index (κ2) is 7.22. The Balaban J connectivity index is 4.34. The summed E-state index contributed by atoms with van der Waals surface area (Å²) in [5.74, 6) is -2.68. The van der Waals surface area contributed by atoms with Crippen LogP contribution in [0.25, 0.3) is 0 Å². The first kappa shape index (κ1) is 13.9. The van der Waals surface area contributed by atoms with Crippen molar-refractivity contribution in [3.63, 3.8) is 0 Å². The molecule has 0 bridgehead atoms. The summed E-state index contributed by atoms with van der Waals surface area (Å²) in [5, 5.41) is 10.8. The van der Waals surface area contributed by atoms with Gasteiger partial charge in [-0.15, -0.1) is 0 Å². The van der Waals surface area contributed by atoms with Crippen LogP contribution in [0.3, 0.4) is 0 Å². The maximum Gasteiger partial charge on any atom is 0.326 e. The van der Waals surface area contributed by atoms with Gasteiger partial charge in [-0.3, -0.25) is 9.59 Å². The van der Waals surface area contributed by atoms with Crippen molar-refractivity contribution in [2.75, 3.05) is 0 Å². The summed E-state index contributed by atoms with van der Waals surface area (Å²) in [6.07, 6.45) is 5.51. The Labute approximate surface area is 92.8 Å². The molecule has 0 aliphatic heterocycles. The van der Waals surface area contributed by atoms with E-state index >= 15 is 0 Å². The number of carbonyl (C=O) groups excluding carboxylic acids is 2. The maximum atomic E-state index is 11.2. The standard InChI is InChI=1S/C10H14N2O4/c1-2-3-4-5-9(14)12-7(10(15)16)6-8(11)13/h2-5,7H,6H2,1H3,(H2,11,13)(H,12,14)(H,15,16)/t7-/m1/s1. The lowest BCUT2D eigenvalue weighted by atomic mass is 10.2. The van der Waals surface area contributed by atoms with E-state index in [1.165, 1.54) is 6.08 Å². The van der Waals surface area contributed by atoms with Gasteiger partial charge in [0.15, 0.2) is 0 Å². The molecule has 0 aromatic rings. The molecule has 0 heterocycles. The lowest BCUT2D eigenvalue weighted by Crippen LogP contribution is -2.42. The van der Waals surface area contributed by atoms with Crippen LogP contribution in [0.15, 0.2) is 24.3 Å². The fourth-order valence-electron chi connectivity index (χ4n) is 0.875. The van der Waals surface area contributed by atoms with Crippen molar-refractivity contribution in [3.8, 4) is 0 Å². The third-order valence-corrected chi connectivity index (χ3v) is 1.57. The molecule has 0 aliphatic rings. The second-order valence-electron chi connectivity index (χ2n) is 2.95. The summed E-state index contributed by atoms with van der Waals surface area (Å²) >= 11 is 0. The van der Waals surface area contributed by atoms with E-state index in [2.05, 4.69) is 5.32 Å². The van der Waals surface area contributed by atoms with Crippen molar-refractivity contribution in [2.24, 2.45) is 5.73 Å². The number of nitrogens with two attached hydrogens (primary N) is 1. The number of allylic oxidation sites excluding steroid dienone is 3. The molecule has 0 saturated heterocycles. The van der Waals surface area contributed by atoms with Crippen LogP contribution in [0.5, 0.6) is 0 Å². The number of carbonyl (C=O) groups is 3. The van der Waals surface area contributed by atoms with Gasteiger partial charge in [0, 0.05) is 6.08 Å². The molecule has 6 nitrogen and oxygen atoms in total. The Morgan fingerprint density at radius 3 is 2.44 bits per heavy atom. The number of hydrogen-bond donors (Lipinski definition) is 3. The Morgan fingerprint density at radius 1 is 1.38 bits per heavy atom. The third kappa shape index (κ3) is 6.36. The molecule has 0 unspecified atom stereocenters.